The molecule has 1 aliphatic carbocycles. The zero-order chi connectivity index (χ0) is 10.7. The Kier molecular flexibility index (Phi) is 3.00. The summed E-state index contributed by atoms with van der Waals surface area (Å²) in [6, 6.07) is 2.15. The Morgan fingerprint density at radius 1 is 1.53 bits per heavy atom. The van der Waals surface area contributed by atoms with Crippen molar-refractivity contribution in [3.8, 4) is 6.07 Å². The highest BCUT2D eigenvalue weighted by Crippen LogP contribution is 2.31. The smallest absolute Gasteiger partial charge is 0.0999 e. The lowest BCUT2D eigenvalue weighted by atomic mass is 10.1. The lowest BCUT2D eigenvalue weighted by Gasteiger charge is -2.04. The Bertz CT molecular complexity index is 370. The predicted octanol–water partition coefficient (Wildman–Crippen LogP) is 1.71. The molecule has 4 heteroatoms. The third-order valence-electron chi connectivity index (χ3n) is 2.78. The Balaban J connectivity index is 2.16. The van der Waals surface area contributed by atoms with Crippen molar-refractivity contribution in [2.24, 2.45) is 5.92 Å². The summed E-state index contributed by atoms with van der Waals surface area (Å²) < 4.78 is 2.01. The summed E-state index contributed by atoms with van der Waals surface area (Å²) >= 11 is 0. The zero-order valence-electron chi connectivity index (χ0n) is 9.11. The maximum atomic E-state index is 8.69. The molecule has 1 saturated carbocycles. The summed E-state index contributed by atoms with van der Waals surface area (Å²) in [5.41, 5.74) is 2.05. The van der Waals surface area contributed by atoms with Gasteiger partial charge >= 0.3 is 0 Å². The first-order chi connectivity index (χ1) is 7.35. The highest BCUT2D eigenvalue weighted by Gasteiger charge is 2.24. The van der Waals surface area contributed by atoms with E-state index in [4.69, 9.17) is 5.26 Å². The normalized spacial score (nSPS) is 15.2. The van der Waals surface area contributed by atoms with E-state index in [1.165, 1.54) is 18.5 Å². The van der Waals surface area contributed by atoms with Crippen LogP contribution >= 0.6 is 0 Å². The van der Waals surface area contributed by atoms with Gasteiger partial charge in [-0.15, -0.1) is 5.10 Å². The summed E-state index contributed by atoms with van der Waals surface area (Å²) in [6.07, 6.45) is 5.09. The third-order valence-corrected chi connectivity index (χ3v) is 2.78. The van der Waals surface area contributed by atoms with Crippen LogP contribution in [-0.2, 0) is 19.4 Å². The molecule has 0 N–H and O–H groups in total. The molecule has 0 aliphatic heterocycles. The highest BCUT2D eigenvalue weighted by molar-refractivity contribution is 5.14. The first-order valence-electron chi connectivity index (χ1n) is 5.63. The molecular formula is C11H16N4. The van der Waals surface area contributed by atoms with Gasteiger partial charge in [0.2, 0.25) is 0 Å². The van der Waals surface area contributed by atoms with E-state index < -0.39 is 0 Å². The lowest BCUT2D eigenvalue weighted by Crippen LogP contribution is -2.07. The average Bonchev–Trinajstić information content (AvgIpc) is 2.96. The molecule has 0 saturated heterocycles. The fraction of sp³-hybridized carbons (Fsp3) is 0.727. The molecule has 1 fully saturated rings. The van der Waals surface area contributed by atoms with Gasteiger partial charge in [0.1, 0.15) is 0 Å². The van der Waals surface area contributed by atoms with E-state index >= 15 is 0 Å². The number of nitriles is 1. The molecule has 0 spiro atoms. The van der Waals surface area contributed by atoms with Gasteiger partial charge in [0, 0.05) is 6.54 Å². The number of hydrogen-bond acceptors (Lipinski definition) is 3. The molecule has 0 radical (unpaired) electrons. The van der Waals surface area contributed by atoms with Gasteiger partial charge in [0.25, 0.3) is 0 Å². The Morgan fingerprint density at radius 3 is 2.93 bits per heavy atom. The first-order valence-corrected chi connectivity index (χ1v) is 5.63. The molecule has 1 aliphatic rings. The van der Waals surface area contributed by atoms with Crippen LogP contribution < -0.4 is 0 Å². The van der Waals surface area contributed by atoms with Crippen LogP contribution in [0.5, 0.6) is 0 Å². The Labute approximate surface area is 89.9 Å². The number of rotatable bonds is 5. The third kappa shape index (κ3) is 2.35. The predicted molar refractivity (Wildman–Crippen MR) is 56.1 cm³/mol. The molecule has 80 valence electrons. The fourth-order valence-electron chi connectivity index (χ4n) is 1.78. The maximum absolute atomic E-state index is 8.69. The summed E-state index contributed by atoms with van der Waals surface area (Å²) in [5.74, 6) is 0.803. The largest absolute Gasteiger partial charge is 0.249 e. The second kappa shape index (κ2) is 4.43. The fourth-order valence-corrected chi connectivity index (χ4v) is 1.78. The van der Waals surface area contributed by atoms with Crippen LogP contribution in [0.2, 0.25) is 0 Å². The number of nitrogens with zero attached hydrogens (tertiary/aromatic N) is 4. The van der Waals surface area contributed by atoms with Crippen molar-refractivity contribution in [3.05, 3.63) is 11.4 Å². The minimum Gasteiger partial charge on any atom is -0.249 e. The average molecular weight is 204 g/mol. The van der Waals surface area contributed by atoms with Gasteiger partial charge in [-0.05, 0) is 25.2 Å². The standard InChI is InChI=1S/C11H16N4/c1-2-3-11-10(6-7-12)13-14-15(11)8-9-4-5-9/h9H,2-6,8H2,1H3. The molecule has 1 aromatic heterocycles. The first kappa shape index (κ1) is 10.2. The molecule has 0 bridgehead atoms. The van der Waals surface area contributed by atoms with Crippen molar-refractivity contribution >= 4 is 0 Å². The monoisotopic (exact) mass is 204 g/mol. The molecule has 15 heavy (non-hydrogen) atoms. The molecule has 0 atom stereocenters. The van der Waals surface area contributed by atoms with Gasteiger partial charge < -0.3 is 0 Å². The van der Waals surface area contributed by atoms with E-state index in [0.29, 0.717) is 6.42 Å². The Morgan fingerprint density at radius 2 is 2.33 bits per heavy atom. The van der Waals surface area contributed by atoms with E-state index in [1.54, 1.807) is 0 Å². The van der Waals surface area contributed by atoms with E-state index in [9.17, 15) is 0 Å². The van der Waals surface area contributed by atoms with Crippen molar-refractivity contribution in [1.82, 2.24) is 15.0 Å². The molecule has 1 aromatic rings. The van der Waals surface area contributed by atoms with Crippen molar-refractivity contribution in [2.45, 2.75) is 45.6 Å². The van der Waals surface area contributed by atoms with Gasteiger partial charge in [-0.1, -0.05) is 18.6 Å². The summed E-state index contributed by atoms with van der Waals surface area (Å²) in [6.45, 7) is 3.14. The molecule has 0 amide bonds. The van der Waals surface area contributed by atoms with Crippen molar-refractivity contribution < 1.29 is 0 Å². The summed E-state index contributed by atoms with van der Waals surface area (Å²) in [4.78, 5) is 0. The van der Waals surface area contributed by atoms with E-state index in [2.05, 4.69) is 23.3 Å². The highest BCUT2D eigenvalue weighted by atomic mass is 15.4. The molecule has 1 heterocycles. The van der Waals surface area contributed by atoms with E-state index in [0.717, 1.165) is 31.0 Å². The molecule has 4 nitrogen and oxygen atoms in total. The van der Waals surface area contributed by atoms with E-state index in [-0.39, 0.29) is 0 Å². The van der Waals surface area contributed by atoms with Gasteiger partial charge in [-0.2, -0.15) is 5.26 Å². The van der Waals surface area contributed by atoms with Crippen molar-refractivity contribution in [3.63, 3.8) is 0 Å². The van der Waals surface area contributed by atoms with Crippen molar-refractivity contribution in [1.29, 1.82) is 5.26 Å². The number of aromatic nitrogens is 3. The minimum absolute atomic E-state index is 0.389. The van der Waals surface area contributed by atoms with Gasteiger partial charge in [-0.3, -0.25) is 0 Å². The maximum Gasteiger partial charge on any atom is 0.0999 e. The SMILES string of the molecule is CCCc1c(CC#N)nnn1CC1CC1. The van der Waals surface area contributed by atoms with Gasteiger partial charge in [0.15, 0.2) is 0 Å². The van der Waals surface area contributed by atoms with Gasteiger partial charge in [0.05, 0.1) is 23.9 Å². The molecular weight excluding hydrogens is 188 g/mol. The topological polar surface area (TPSA) is 54.5 Å². The van der Waals surface area contributed by atoms with Crippen molar-refractivity contribution in [2.75, 3.05) is 0 Å². The lowest BCUT2D eigenvalue weighted by molar-refractivity contribution is 0.521. The second-order valence-electron chi connectivity index (χ2n) is 4.19. The van der Waals surface area contributed by atoms with Crippen LogP contribution in [0.1, 0.15) is 37.6 Å². The van der Waals surface area contributed by atoms with Crippen LogP contribution in [0, 0.1) is 17.2 Å². The van der Waals surface area contributed by atoms with Gasteiger partial charge in [-0.25, -0.2) is 4.68 Å². The van der Waals surface area contributed by atoms with Crippen LogP contribution in [0.15, 0.2) is 0 Å². The quantitative estimate of drug-likeness (QED) is 0.733. The van der Waals surface area contributed by atoms with Crippen LogP contribution in [0.25, 0.3) is 0 Å². The summed E-state index contributed by atoms with van der Waals surface area (Å²) in [5, 5.41) is 16.9. The molecule has 0 aromatic carbocycles. The Hall–Kier alpha value is -1.37. The molecule has 2 rings (SSSR count). The van der Waals surface area contributed by atoms with Crippen LogP contribution in [0.3, 0.4) is 0 Å². The number of hydrogen-bond donors (Lipinski definition) is 0. The van der Waals surface area contributed by atoms with Crippen LogP contribution in [0.4, 0.5) is 0 Å². The minimum atomic E-state index is 0.389. The van der Waals surface area contributed by atoms with E-state index in [1.807, 2.05) is 4.68 Å². The molecule has 0 unspecified atom stereocenters. The summed E-state index contributed by atoms with van der Waals surface area (Å²) in [7, 11) is 0. The zero-order valence-corrected chi connectivity index (χ0v) is 9.11. The van der Waals surface area contributed by atoms with Crippen LogP contribution in [-0.4, -0.2) is 15.0 Å². The second-order valence-corrected chi connectivity index (χ2v) is 4.19.